The third-order valence-corrected chi connectivity index (χ3v) is 6.88. The van der Waals surface area contributed by atoms with Crippen LogP contribution in [0.5, 0.6) is 0 Å². The van der Waals surface area contributed by atoms with Crippen LogP contribution < -0.4 is 0 Å². The zero-order valence-electron chi connectivity index (χ0n) is 10.5. The number of rotatable bonds is 5. The average Bonchev–Trinajstić information content (AvgIpc) is 2.74. The van der Waals surface area contributed by atoms with Crippen LogP contribution in [-0.2, 0) is 3.07 Å². The van der Waals surface area contributed by atoms with Gasteiger partial charge in [-0.2, -0.15) is 0 Å². The van der Waals surface area contributed by atoms with E-state index in [0.29, 0.717) is 11.3 Å². The molecule has 0 saturated heterocycles. The number of nitrogens with zero attached hydrogens (tertiary/aromatic N) is 3. The molecule has 1 aromatic carbocycles. The molecular weight excluding hydrogens is 357 g/mol. The first-order valence-electron chi connectivity index (χ1n) is 6.02. The van der Waals surface area contributed by atoms with Crippen LogP contribution >= 0.6 is 20.2 Å². The average molecular weight is 371 g/mol. The van der Waals surface area contributed by atoms with E-state index in [1.54, 1.807) is 6.07 Å². The first-order chi connectivity index (χ1) is 9.26. The molecule has 0 spiro atoms. The molecule has 2 rings (SSSR count). The zero-order chi connectivity index (χ0) is 13.7. The number of azide groups is 1. The Morgan fingerprint density at radius 1 is 1.53 bits per heavy atom. The van der Waals surface area contributed by atoms with Crippen LogP contribution in [0, 0.1) is 3.57 Å². The molecule has 0 aliphatic carbocycles. The van der Waals surface area contributed by atoms with Crippen molar-refractivity contribution in [1.82, 2.24) is 0 Å². The van der Waals surface area contributed by atoms with Crippen LogP contribution in [0.25, 0.3) is 10.4 Å². The van der Waals surface area contributed by atoms with Crippen molar-refractivity contribution in [1.29, 1.82) is 0 Å². The summed E-state index contributed by atoms with van der Waals surface area (Å²) in [5.41, 5.74) is 9.93. The number of unbranched alkanes of at least 4 members (excludes halogenated alkanes) is 1. The van der Waals surface area contributed by atoms with Gasteiger partial charge in [-0.25, -0.2) is 0 Å². The Hall–Kier alpha value is -1.53. The number of hydrogen-bond donors (Lipinski definition) is 0. The van der Waals surface area contributed by atoms with Crippen molar-refractivity contribution in [2.45, 2.75) is 26.2 Å². The summed E-state index contributed by atoms with van der Waals surface area (Å²) < 4.78 is 8.32. The van der Waals surface area contributed by atoms with Crippen LogP contribution in [0.2, 0.25) is 0 Å². The summed E-state index contributed by atoms with van der Waals surface area (Å²) in [7, 11) is 0. The number of benzene rings is 1. The van der Waals surface area contributed by atoms with Crippen molar-refractivity contribution in [3.05, 3.63) is 53.6 Å². The van der Waals surface area contributed by atoms with E-state index in [-0.39, 0.29) is 5.97 Å². The zero-order valence-corrected chi connectivity index (χ0v) is 12.7. The second kappa shape index (κ2) is 6.58. The van der Waals surface area contributed by atoms with Crippen LogP contribution in [0.4, 0.5) is 0 Å². The van der Waals surface area contributed by atoms with Gasteiger partial charge in [0.2, 0.25) is 0 Å². The molecule has 1 aromatic rings. The summed E-state index contributed by atoms with van der Waals surface area (Å²) in [5, 5.41) is 3.71. The minimum absolute atomic E-state index is 0.257. The minimum atomic E-state index is -2.14. The van der Waals surface area contributed by atoms with Crippen molar-refractivity contribution >= 4 is 26.2 Å². The molecule has 0 unspecified atom stereocenters. The maximum absolute atomic E-state index is 11.7. The Bertz CT molecular complexity index is 565. The third-order valence-electron chi connectivity index (χ3n) is 2.63. The molecule has 100 valence electrons. The topological polar surface area (TPSA) is 75.1 Å². The Morgan fingerprint density at radius 2 is 2.32 bits per heavy atom. The van der Waals surface area contributed by atoms with Crippen molar-refractivity contribution < 1.29 is 7.86 Å². The second-order valence-corrected chi connectivity index (χ2v) is 7.81. The van der Waals surface area contributed by atoms with Crippen LogP contribution in [0.3, 0.4) is 0 Å². The molecule has 0 bridgehead atoms. The molecule has 0 atom stereocenters. The van der Waals surface area contributed by atoms with Gasteiger partial charge in [0, 0.05) is 0 Å². The maximum atomic E-state index is 11.7. The fraction of sp³-hybridized carbons (Fsp3) is 0.308. The van der Waals surface area contributed by atoms with E-state index in [0.717, 1.165) is 22.8 Å². The van der Waals surface area contributed by atoms with Gasteiger partial charge in [-0.1, -0.05) is 0 Å². The van der Waals surface area contributed by atoms with Gasteiger partial charge in [0.1, 0.15) is 0 Å². The summed E-state index contributed by atoms with van der Waals surface area (Å²) in [6.07, 6.45) is 2.72. The molecule has 1 aliphatic rings. The fourth-order valence-electron chi connectivity index (χ4n) is 1.68. The van der Waals surface area contributed by atoms with Gasteiger partial charge in [0.05, 0.1) is 0 Å². The van der Waals surface area contributed by atoms with Crippen molar-refractivity contribution in [2.24, 2.45) is 5.11 Å². The van der Waals surface area contributed by atoms with Gasteiger partial charge in [0.25, 0.3) is 0 Å². The summed E-state index contributed by atoms with van der Waals surface area (Å²) in [5.74, 6) is -0.257. The van der Waals surface area contributed by atoms with Crippen LogP contribution in [0.15, 0.2) is 39.2 Å². The molecule has 0 aromatic heterocycles. The van der Waals surface area contributed by atoms with E-state index in [4.69, 9.17) is 8.60 Å². The van der Waals surface area contributed by atoms with E-state index in [1.165, 1.54) is 0 Å². The van der Waals surface area contributed by atoms with E-state index in [9.17, 15) is 4.79 Å². The monoisotopic (exact) mass is 371 g/mol. The molecule has 0 N–H and O–H groups in total. The molecular formula is C13H14IN3O2. The second-order valence-electron chi connectivity index (χ2n) is 4.01. The van der Waals surface area contributed by atoms with Crippen molar-refractivity contribution in [3.8, 4) is 0 Å². The van der Waals surface area contributed by atoms with Crippen LogP contribution in [-0.4, -0.2) is 5.97 Å². The quantitative estimate of drug-likeness (QED) is 0.323. The van der Waals surface area contributed by atoms with Crippen molar-refractivity contribution in [3.63, 3.8) is 0 Å². The van der Waals surface area contributed by atoms with Gasteiger partial charge < -0.3 is 0 Å². The molecule has 0 saturated carbocycles. The molecule has 1 heterocycles. The molecule has 0 fully saturated rings. The number of halogens is 1. The molecule has 1 aliphatic heterocycles. The molecule has 0 amide bonds. The summed E-state index contributed by atoms with van der Waals surface area (Å²) >= 11 is -2.14. The fourth-order valence-corrected chi connectivity index (χ4v) is 5.68. The Labute approximate surface area is 119 Å². The summed E-state index contributed by atoms with van der Waals surface area (Å²) in [4.78, 5) is 14.6. The third kappa shape index (κ3) is 3.27. The predicted molar refractivity (Wildman–Crippen MR) is 81.3 cm³/mol. The van der Waals surface area contributed by atoms with E-state index >= 15 is 0 Å². The van der Waals surface area contributed by atoms with Gasteiger partial charge in [-0.15, -0.1) is 0 Å². The molecule has 5 nitrogen and oxygen atoms in total. The standard InChI is InChI=1S/C13H14IN3O2/c1-2-3-6-10(16-17-15)9-14-12-8-5-4-7-11(12)13(18)19-14/h4-5,7-9H,2-3,6H2,1H3/b10-9-. The number of carbonyl (C=O) groups excluding carboxylic acids is 1. The van der Waals surface area contributed by atoms with E-state index < -0.39 is 20.2 Å². The molecule has 19 heavy (non-hydrogen) atoms. The Kier molecular flexibility index (Phi) is 4.81. The first-order valence-corrected chi connectivity index (χ1v) is 9.23. The van der Waals surface area contributed by atoms with Gasteiger partial charge >= 0.3 is 119 Å². The molecule has 6 heteroatoms. The van der Waals surface area contributed by atoms with Gasteiger partial charge in [0.15, 0.2) is 0 Å². The SMILES string of the molecule is CCCC/C(=C/I1OC(=O)c2ccccc21)N=[N+]=[N-]. The number of carbonyl (C=O) groups is 1. The van der Waals surface area contributed by atoms with E-state index in [1.807, 2.05) is 22.3 Å². The summed E-state index contributed by atoms with van der Waals surface area (Å²) in [6, 6.07) is 7.44. The Morgan fingerprint density at radius 3 is 3.05 bits per heavy atom. The number of fused-ring (bicyclic) bond motifs is 1. The van der Waals surface area contributed by atoms with Crippen molar-refractivity contribution in [2.75, 3.05) is 0 Å². The summed E-state index contributed by atoms with van der Waals surface area (Å²) in [6.45, 7) is 2.08. The van der Waals surface area contributed by atoms with Crippen LogP contribution in [0.1, 0.15) is 36.5 Å². The van der Waals surface area contributed by atoms with E-state index in [2.05, 4.69) is 16.9 Å². The normalized spacial score (nSPS) is 15.7. The predicted octanol–water partition coefficient (Wildman–Crippen LogP) is 4.79. The Balaban J connectivity index is 2.27. The van der Waals surface area contributed by atoms with Gasteiger partial charge in [-0.05, 0) is 0 Å². The number of allylic oxidation sites excluding steroid dienone is 1. The number of hydrogen-bond acceptors (Lipinski definition) is 3. The van der Waals surface area contributed by atoms with Gasteiger partial charge in [-0.3, -0.25) is 0 Å². The first kappa shape index (κ1) is 13.9. The molecule has 0 radical (unpaired) electrons.